The average Bonchev–Trinajstić information content (AvgIpc) is 2.63. The number of thiophene rings is 1. The second-order valence-electron chi connectivity index (χ2n) is 3.32. The first-order valence-electron chi connectivity index (χ1n) is 4.68. The van der Waals surface area contributed by atoms with E-state index in [9.17, 15) is 9.18 Å². The lowest BCUT2D eigenvalue weighted by molar-refractivity contribution is 0.102. The average molecular weight is 458 g/mol. The van der Waals surface area contributed by atoms with Gasteiger partial charge in [-0.1, -0.05) is 0 Å². The molecule has 94 valence electrons. The molecule has 1 heterocycles. The molecule has 0 saturated carbocycles. The number of benzene rings is 1. The van der Waals surface area contributed by atoms with Crippen molar-refractivity contribution in [2.24, 2.45) is 0 Å². The lowest BCUT2D eigenvalue weighted by atomic mass is 10.2. The van der Waals surface area contributed by atoms with Crippen LogP contribution in [0.25, 0.3) is 0 Å². The minimum Gasteiger partial charge on any atom is -0.322 e. The zero-order valence-corrected chi connectivity index (χ0v) is 14.2. The van der Waals surface area contributed by atoms with E-state index in [4.69, 9.17) is 0 Å². The number of halogens is 4. The molecule has 0 aliphatic carbocycles. The summed E-state index contributed by atoms with van der Waals surface area (Å²) in [4.78, 5) is 12.0. The molecule has 2 rings (SSSR count). The first-order valence-corrected chi connectivity index (χ1v) is 7.88. The Labute approximate surface area is 132 Å². The monoisotopic (exact) mass is 455 g/mol. The van der Waals surface area contributed by atoms with Crippen molar-refractivity contribution in [1.82, 2.24) is 0 Å². The molecule has 2 aromatic rings. The van der Waals surface area contributed by atoms with Gasteiger partial charge in [0.15, 0.2) is 0 Å². The molecule has 18 heavy (non-hydrogen) atoms. The molecule has 0 saturated heterocycles. The molecule has 0 aliphatic rings. The minimum absolute atomic E-state index is 0.287. The summed E-state index contributed by atoms with van der Waals surface area (Å²) in [5.41, 5.74) is 0.921. The van der Waals surface area contributed by atoms with E-state index in [2.05, 4.69) is 53.1 Å². The fraction of sp³-hybridized carbons (Fsp3) is 0. The maximum atomic E-state index is 13.3. The van der Waals surface area contributed by atoms with Crippen LogP contribution in [0.2, 0.25) is 0 Å². The zero-order chi connectivity index (χ0) is 13.3. The third-order valence-corrected chi connectivity index (χ3v) is 5.06. The first-order chi connectivity index (χ1) is 8.47. The molecule has 1 aromatic heterocycles. The van der Waals surface area contributed by atoms with Crippen LogP contribution in [0.3, 0.4) is 0 Å². The molecule has 1 N–H and O–H groups in total. The molecule has 7 heteroatoms. The van der Waals surface area contributed by atoms with E-state index >= 15 is 0 Å². The smallest absolute Gasteiger partial charge is 0.257 e. The van der Waals surface area contributed by atoms with E-state index < -0.39 is 5.82 Å². The van der Waals surface area contributed by atoms with E-state index in [1.165, 1.54) is 17.4 Å². The van der Waals surface area contributed by atoms with Crippen molar-refractivity contribution in [2.45, 2.75) is 0 Å². The second-order valence-corrected chi connectivity index (χ2v) is 7.92. The first kappa shape index (κ1) is 14.2. The van der Waals surface area contributed by atoms with Gasteiger partial charge in [-0.25, -0.2) is 4.39 Å². The summed E-state index contributed by atoms with van der Waals surface area (Å²) in [5.74, 6) is -0.705. The Morgan fingerprint density at radius 3 is 2.50 bits per heavy atom. The van der Waals surface area contributed by atoms with E-state index in [0.29, 0.717) is 15.7 Å². The molecule has 0 fully saturated rings. The van der Waals surface area contributed by atoms with Crippen LogP contribution in [0.15, 0.2) is 36.3 Å². The lowest BCUT2D eigenvalue weighted by Crippen LogP contribution is -2.11. The third kappa shape index (κ3) is 3.20. The third-order valence-electron chi connectivity index (χ3n) is 2.08. The summed E-state index contributed by atoms with van der Waals surface area (Å²) in [7, 11) is 0. The highest BCUT2D eigenvalue weighted by molar-refractivity contribution is 9.12. The summed E-state index contributed by atoms with van der Waals surface area (Å²) in [6.45, 7) is 0. The van der Waals surface area contributed by atoms with Crippen molar-refractivity contribution < 1.29 is 9.18 Å². The van der Waals surface area contributed by atoms with Gasteiger partial charge in [-0.3, -0.25) is 4.79 Å². The van der Waals surface area contributed by atoms with Crippen LogP contribution in [0, 0.1) is 5.82 Å². The largest absolute Gasteiger partial charge is 0.322 e. The summed E-state index contributed by atoms with van der Waals surface area (Å²) >= 11 is 11.1. The van der Waals surface area contributed by atoms with Crippen LogP contribution in [0.1, 0.15) is 10.4 Å². The molecule has 0 radical (unpaired) electrons. The van der Waals surface area contributed by atoms with Crippen LogP contribution in [0.4, 0.5) is 10.1 Å². The van der Waals surface area contributed by atoms with Crippen LogP contribution in [0.5, 0.6) is 0 Å². The van der Waals surface area contributed by atoms with Crippen LogP contribution in [-0.2, 0) is 0 Å². The number of nitrogens with one attached hydrogen (secondary N) is 1. The Morgan fingerprint density at radius 1 is 1.22 bits per heavy atom. The standard InChI is InChI=1S/C11H5Br3FNOS/c12-7-2-1-5(3-8(7)15)16-11(17)6-4-9(13)18-10(6)14/h1-4H,(H,16,17). The SMILES string of the molecule is O=C(Nc1ccc(Br)c(F)c1)c1cc(Br)sc1Br. The molecule has 0 bridgehead atoms. The molecule has 0 spiro atoms. The topological polar surface area (TPSA) is 29.1 Å². The maximum Gasteiger partial charge on any atom is 0.257 e. The van der Waals surface area contributed by atoms with Crippen LogP contribution >= 0.6 is 59.1 Å². The summed E-state index contributed by atoms with van der Waals surface area (Å²) in [5, 5.41) is 2.64. The molecule has 0 aliphatic heterocycles. The highest BCUT2D eigenvalue weighted by Crippen LogP contribution is 2.32. The molecule has 2 nitrogen and oxygen atoms in total. The van der Waals surface area contributed by atoms with Crippen molar-refractivity contribution >= 4 is 70.7 Å². The number of hydrogen-bond acceptors (Lipinski definition) is 2. The number of amides is 1. The normalized spacial score (nSPS) is 10.4. The van der Waals surface area contributed by atoms with Gasteiger partial charge in [-0.05, 0) is 72.1 Å². The summed E-state index contributed by atoms with van der Waals surface area (Å²) in [6.07, 6.45) is 0. The van der Waals surface area contributed by atoms with Crippen molar-refractivity contribution in [1.29, 1.82) is 0 Å². The van der Waals surface area contributed by atoms with E-state index in [1.54, 1.807) is 18.2 Å². The van der Waals surface area contributed by atoms with Crippen molar-refractivity contribution in [3.05, 3.63) is 47.7 Å². The molecule has 0 unspecified atom stereocenters. The van der Waals surface area contributed by atoms with Crippen molar-refractivity contribution in [2.75, 3.05) is 5.32 Å². The minimum atomic E-state index is -0.418. The Kier molecular flexibility index (Phi) is 4.58. The Hall–Kier alpha value is -0.240. The number of hydrogen-bond donors (Lipinski definition) is 1. The van der Waals surface area contributed by atoms with Crippen molar-refractivity contribution in [3.63, 3.8) is 0 Å². The number of anilines is 1. The van der Waals surface area contributed by atoms with Gasteiger partial charge in [0.1, 0.15) is 5.82 Å². The van der Waals surface area contributed by atoms with E-state index in [0.717, 1.165) is 7.57 Å². The van der Waals surface area contributed by atoms with Crippen LogP contribution in [-0.4, -0.2) is 5.91 Å². The molecular formula is C11H5Br3FNOS. The zero-order valence-electron chi connectivity index (χ0n) is 8.64. The highest BCUT2D eigenvalue weighted by atomic mass is 79.9. The molecule has 1 amide bonds. The predicted octanol–water partition coefficient (Wildman–Crippen LogP) is 5.43. The lowest BCUT2D eigenvalue weighted by Gasteiger charge is -2.05. The van der Waals surface area contributed by atoms with Gasteiger partial charge >= 0.3 is 0 Å². The molecule has 0 atom stereocenters. The fourth-order valence-electron chi connectivity index (χ4n) is 1.27. The van der Waals surface area contributed by atoms with Gasteiger partial charge < -0.3 is 5.32 Å². The van der Waals surface area contributed by atoms with Crippen molar-refractivity contribution in [3.8, 4) is 0 Å². The summed E-state index contributed by atoms with van der Waals surface area (Å²) in [6, 6.07) is 6.14. The quantitative estimate of drug-likeness (QED) is 0.640. The summed E-state index contributed by atoms with van der Waals surface area (Å²) < 4.78 is 15.2. The van der Waals surface area contributed by atoms with Crippen LogP contribution < -0.4 is 5.32 Å². The predicted molar refractivity (Wildman–Crippen MR) is 81.8 cm³/mol. The Morgan fingerprint density at radius 2 is 1.94 bits per heavy atom. The highest BCUT2D eigenvalue weighted by Gasteiger charge is 2.14. The van der Waals surface area contributed by atoms with Gasteiger partial charge in [0.2, 0.25) is 0 Å². The fourth-order valence-corrected chi connectivity index (χ4v) is 4.31. The Balaban J connectivity index is 2.21. The van der Waals surface area contributed by atoms with Gasteiger partial charge in [0.25, 0.3) is 5.91 Å². The second kappa shape index (κ2) is 5.81. The van der Waals surface area contributed by atoms with Gasteiger partial charge in [0, 0.05) is 5.69 Å². The number of carbonyl (C=O) groups is 1. The van der Waals surface area contributed by atoms with Gasteiger partial charge in [0.05, 0.1) is 17.6 Å². The Bertz CT molecular complexity index is 614. The number of carbonyl (C=O) groups excluding carboxylic acids is 1. The van der Waals surface area contributed by atoms with E-state index in [-0.39, 0.29) is 5.91 Å². The number of rotatable bonds is 2. The molecule has 1 aromatic carbocycles. The van der Waals surface area contributed by atoms with Gasteiger partial charge in [-0.15, -0.1) is 11.3 Å². The maximum absolute atomic E-state index is 13.3. The van der Waals surface area contributed by atoms with Gasteiger partial charge in [-0.2, -0.15) is 0 Å². The molecular weight excluding hydrogens is 453 g/mol. The van der Waals surface area contributed by atoms with E-state index in [1.807, 2.05) is 0 Å².